The van der Waals surface area contributed by atoms with Gasteiger partial charge in [0.2, 0.25) is 5.95 Å². The summed E-state index contributed by atoms with van der Waals surface area (Å²) < 4.78 is 11.3. The maximum Gasteiger partial charge on any atom is 0.225 e. The molecule has 4 rings (SSSR count). The lowest BCUT2D eigenvalue weighted by molar-refractivity contribution is 0.109. The molecule has 0 bridgehead atoms. The minimum atomic E-state index is 0.0322. The van der Waals surface area contributed by atoms with Gasteiger partial charge >= 0.3 is 0 Å². The van der Waals surface area contributed by atoms with Crippen molar-refractivity contribution < 1.29 is 9.26 Å². The minimum Gasteiger partial charge on any atom is -0.372 e. The Morgan fingerprint density at radius 2 is 2.09 bits per heavy atom. The quantitative estimate of drug-likeness (QED) is 0.868. The fraction of sp³-hybridized carbons (Fsp3) is 0.562. The molecular formula is C16H20N4O2. The third kappa shape index (κ3) is 2.47. The summed E-state index contributed by atoms with van der Waals surface area (Å²) in [5.41, 5.74) is 2.69. The van der Waals surface area contributed by atoms with Crippen LogP contribution in [0.4, 0.5) is 5.95 Å². The van der Waals surface area contributed by atoms with Crippen LogP contribution < -0.4 is 4.90 Å². The highest BCUT2D eigenvalue weighted by Gasteiger charge is 2.26. The zero-order valence-electron chi connectivity index (χ0n) is 12.8. The molecular weight excluding hydrogens is 280 g/mol. The second kappa shape index (κ2) is 5.68. The molecule has 2 fully saturated rings. The molecule has 2 saturated heterocycles. The van der Waals surface area contributed by atoms with Crippen LogP contribution in [0.2, 0.25) is 0 Å². The molecule has 2 aliphatic rings. The monoisotopic (exact) mass is 300 g/mol. The van der Waals surface area contributed by atoms with Gasteiger partial charge < -0.3 is 14.2 Å². The first-order valence-electron chi connectivity index (χ1n) is 7.98. The van der Waals surface area contributed by atoms with Crippen LogP contribution in [0.15, 0.2) is 16.8 Å². The zero-order chi connectivity index (χ0) is 14.9. The van der Waals surface area contributed by atoms with Gasteiger partial charge in [-0.05, 0) is 32.6 Å². The number of aryl methyl sites for hydroxylation is 1. The summed E-state index contributed by atoms with van der Waals surface area (Å²) in [5.74, 6) is 1.53. The van der Waals surface area contributed by atoms with E-state index in [1.165, 1.54) is 12.8 Å². The molecule has 0 radical (unpaired) electrons. The Hall–Kier alpha value is -1.95. The van der Waals surface area contributed by atoms with Gasteiger partial charge in [0.25, 0.3) is 0 Å². The Labute approximate surface area is 129 Å². The Morgan fingerprint density at radius 1 is 1.23 bits per heavy atom. The fourth-order valence-corrected chi connectivity index (χ4v) is 3.17. The minimum absolute atomic E-state index is 0.0322. The van der Waals surface area contributed by atoms with E-state index in [0.29, 0.717) is 0 Å². The van der Waals surface area contributed by atoms with Crippen LogP contribution in [-0.2, 0) is 4.74 Å². The molecule has 0 saturated carbocycles. The zero-order valence-corrected chi connectivity index (χ0v) is 12.8. The highest BCUT2D eigenvalue weighted by Crippen LogP contribution is 2.35. The molecule has 0 amide bonds. The molecule has 0 N–H and O–H groups in total. The molecule has 1 atom stereocenters. The molecule has 2 aromatic heterocycles. The third-order valence-electron chi connectivity index (χ3n) is 4.32. The van der Waals surface area contributed by atoms with Crippen molar-refractivity contribution in [1.82, 2.24) is 15.1 Å². The molecule has 2 aromatic rings. The summed E-state index contributed by atoms with van der Waals surface area (Å²) in [6, 6.07) is 1.92. The Morgan fingerprint density at radius 3 is 2.77 bits per heavy atom. The summed E-state index contributed by atoms with van der Waals surface area (Å²) in [6.07, 6.45) is 6.38. The number of rotatable bonds is 3. The normalized spacial score (nSPS) is 21.7. The largest absolute Gasteiger partial charge is 0.372 e. The Kier molecular flexibility index (Phi) is 3.54. The summed E-state index contributed by atoms with van der Waals surface area (Å²) in [5, 5.41) is 3.98. The molecule has 0 spiro atoms. The van der Waals surface area contributed by atoms with E-state index in [-0.39, 0.29) is 6.10 Å². The van der Waals surface area contributed by atoms with Gasteiger partial charge in [-0.15, -0.1) is 0 Å². The van der Waals surface area contributed by atoms with Gasteiger partial charge in [0.15, 0.2) is 5.76 Å². The molecule has 0 aromatic carbocycles. The average molecular weight is 300 g/mol. The summed E-state index contributed by atoms with van der Waals surface area (Å²) in [4.78, 5) is 11.6. The predicted octanol–water partition coefficient (Wildman–Crippen LogP) is 2.89. The van der Waals surface area contributed by atoms with Crippen LogP contribution in [0.1, 0.15) is 43.2 Å². The highest BCUT2D eigenvalue weighted by atomic mass is 16.5. The number of nitrogens with zero attached hydrogens (tertiary/aromatic N) is 4. The van der Waals surface area contributed by atoms with E-state index in [4.69, 9.17) is 14.2 Å². The van der Waals surface area contributed by atoms with E-state index in [2.05, 4.69) is 15.0 Å². The molecule has 6 heteroatoms. The van der Waals surface area contributed by atoms with Crippen molar-refractivity contribution in [2.75, 3.05) is 24.6 Å². The van der Waals surface area contributed by atoms with Gasteiger partial charge in [0.05, 0.1) is 17.0 Å². The van der Waals surface area contributed by atoms with Crippen molar-refractivity contribution in [3.8, 4) is 11.3 Å². The van der Waals surface area contributed by atoms with Gasteiger partial charge in [-0.3, -0.25) is 0 Å². The van der Waals surface area contributed by atoms with Crippen LogP contribution in [0, 0.1) is 6.92 Å². The fourth-order valence-electron chi connectivity index (χ4n) is 3.17. The Balaban J connectivity index is 1.76. The maximum absolute atomic E-state index is 5.85. The molecule has 4 heterocycles. The van der Waals surface area contributed by atoms with Crippen molar-refractivity contribution in [1.29, 1.82) is 0 Å². The van der Waals surface area contributed by atoms with Gasteiger partial charge in [-0.2, -0.15) is 0 Å². The van der Waals surface area contributed by atoms with Gasteiger partial charge in [-0.1, -0.05) is 5.16 Å². The van der Waals surface area contributed by atoms with Crippen LogP contribution in [0.5, 0.6) is 0 Å². The summed E-state index contributed by atoms with van der Waals surface area (Å²) in [6.45, 7) is 4.78. The standard InChI is InChI=1S/C16H20N4O2/c1-11-9-14(22-19-11)12-10-17-16(20-6-2-3-7-20)18-15(12)13-5-4-8-21-13/h9-10,13H,2-8H2,1H3/t13-/m1/s1. The number of hydrogen-bond donors (Lipinski definition) is 0. The highest BCUT2D eigenvalue weighted by molar-refractivity contribution is 5.61. The second-order valence-corrected chi connectivity index (χ2v) is 6.00. The van der Waals surface area contributed by atoms with Gasteiger partial charge in [0.1, 0.15) is 6.10 Å². The summed E-state index contributed by atoms with van der Waals surface area (Å²) in [7, 11) is 0. The first-order chi connectivity index (χ1) is 10.8. The lowest BCUT2D eigenvalue weighted by atomic mass is 10.1. The van der Waals surface area contributed by atoms with E-state index in [0.717, 1.165) is 61.2 Å². The molecule has 2 aliphatic heterocycles. The van der Waals surface area contributed by atoms with Crippen molar-refractivity contribution in [3.63, 3.8) is 0 Å². The topological polar surface area (TPSA) is 64.3 Å². The van der Waals surface area contributed by atoms with E-state index in [1.807, 2.05) is 19.2 Å². The lowest BCUT2D eigenvalue weighted by Gasteiger charge is -2.19. The van der Waals surface area contributed by atoms with Gasteiger partial charge in [0, 0.05) is 32.0 Å². The molecule has 0 aliphatic carbocycles. The van der Waals surface area contributed by atoms with E-state index in [9.17, 15) is 0 Å². The van der Waals surface area contributed by atoms with Crippen LogP contribution in [0.25, 0.3) is 11.3 Å². The SMILES string of the molecule is Cc1cc(-c2cnc(N3CCCC3)nc2[C@H]2CCCO2)on1. The van der Waals surface area contributed by atoms with Crippen LogP contribution in [-0.4, -0.2) is 34.8 Å². The van der Waals surface area contributed by atoms with Crippen molar-refractivity contribution in [2.45, 2.75) is 38.7 Å². The number of anilines is 1. The van der Waals surface area contributed by atoms with Gasteiger partial charge in [-0.25, -0.2) is 9.97 Å². The summed E-state index contributed by atoms with van der Waals surface area (Å²) >= 11 is 0. The molecule has 116 valence electrons. The second-order valence-electron chi connectivity index (χ2n) is 6.00. The molecule has 0 unspecified atom stereocenters. The first-order valence-corrected chi connectivity index (χ1v) is 7.98. The third-order valence-corrected chi connectivity index (χ3v) is 4.32. The average Bonchev–Trinajstić information content (AvgIpc) is 3.29. The number of aromatic nitrogens is 3. The first kappa shape index (κ1) is 13.7. The number of ether oxygens (including phenoxy) is 1. The lowest BCUT2D eigenvalue weighted by Crippen LogP contribution is -2.21. The van der Waals surface area contributed by atoms with Crippen molar-refractivity contribution in [2.24, 2.45) is 0 Å². The smallest absolute Gasteiger partial charge is 0.225 e. The Bertz CT molecular complexity index is 658. The molecule has 22 heavy (non-hydrogen) atoms. The van der Waals surface area contributed by atoms with Crippen molar-refractivity contribution in [3.05, 3.63) is 23.7 Å². The van der Waals surface area contributed by atoms with Crippen LogP contribution in [0.3, 0.4) is 0 Å². The number of hydrogen-bond acceptors (Lipinski definition) is 6. The van der Waals surface area contributed by atoms with E-state index in [1.54, 1.807) is 0 Å². The van der Waals surface area contributed by atoms with Crippen molar-refractivity contribution >= 4 is 5.95 Å². The van der Waals surface area contributed by atoms with E-state index < -0.39 is 0 Å². The maximum atomic E-state index is 5.85. The predicted molar refractivity (Wildman–Crippen MR) is 81.6 cm³/mol. The molecule has 6 nitrogen and oxygen atoms in total. The van der Waals surface area contributed by atoms with E-state index >= 15 is 0 Å². The van der Waals surface area contributed by atoms with Crippen LogP contribution >= 0.6 is 0 Å².